The van der Waals surface area contributed by atoms with Gasteiger partial charge in [-0.05, 0) is 31.4 Å². The molecule has 0 aromatic heterocycles. The van der Waals surface area contributed by atoms with Crippen molar-refractivity contribution >= 4 is 6.03 Å². The number of nitrogens with zero attached hydrogens (tertiary/aromatic N) is 2. The predicted molar refractivity (Wildman–Crippen MR) is 95.7 cm³/mol. The Bertz CT molecular complexity index is 441. The van der Waals surface area contributed by atoms with Gasteiger partial charge < -0.3 is 10.2 Å². The molecule has 1 N–H and O–H groups in total. The van der Waals surface area contributed by atoms with Crippen molar-refractivity contribution in [1.82, 2.24) is 15.1 Å². The Labute approximate surface area is 140 Å². The van der Waals surface area contributed by atoms with Gasteiger partial charge in [0.15, 0.2) is 0 Å². The summed E-state index contributed by atoms with van der Waals surface area (Å²) in [6.45, 7) is 7.81. The van der Waals surface area contributed by atoms with Crippen LogP contribution in [-0.2, 0) is 6.42 Å². The van der Waals surface area contributed by atoms with Crippen LogP contribution >= 0.6 is 0 Å². The van der Waals surface area contributed by atoms with Gasteiger partial charge >= 0.3 is 6.03 Å². The summed E-state index contributed by atoms with van der Waals surface area (Å²) in [5.41, 5.74) is 1.41. The number of hydrogen-bond donors (Lipinski definition) is 1. The van der Waals surface area contributed by atoms with E-state index in [1.807, 2.05) is 4.90 Å². The smallest absolute Gasteiger partial charge is 0.317 e. The Kier molecular flexibility index (Phi) is 7.95. The molecule has 0 atom stereocenters. The highest BCUT2D eigenvalue weighted by Crippen LogP contribution is 2.07. The molecule has 4 nitrogen and oxygen atoms in total. The number of rotatable bonds is 8. The predicted octanol–water partition coefficient (Wildman–Crippen LogP) is 3.14. The van der Waals surface area contributed by atoms with Crippen LogP contribution in [0.2, 0.25) is 0 Å². The van der Waals surface area contributed by atoms with Crippen LogP contribution in [0.5, 0.6) is 0 Å². The first-order valence-electron chi connectivity index (χ1n) is 9.08. The number of unbranched alkanes of at least 4 members (excludes halogenated alkanes) is 2. The summed E-state index contributed by atoms with van der Waals surface area (Å²) in [7, 11) is 0. The highest BCUT2D eigenvalue weighted by atomic mass is 16.2. The number of piperazine rings is 1. The summed E-state index contributed by atoms with van der Waals surface area (Å²) >= 11 is 0. The van der Waals surface area contributed by atoms with Gasteiger partial charge in [-0.1, -0.05) is 50.1 Å². The van der Waals surface area contributed by atoms with E-state index in [1.165, 1.54) is 24.8 Å². The number of carbonyl (C=O) groups excluding carboxylic acids is 1. The van der Waals surface area contributed by atoms with Gasteiger partial charge in [0, 0.05) is 32.7 Å². The molecule has 1 aliphatic rings. The molecule has 1 aromatic rings. The maximum atomic E-state index is 12.1. The molecule has 1 aliphatic heterocycles. The maximum absolute atomic E-state index is 12.1. The molecule has 0 radical (unpaired) electrons. The van der Waals surface area contributed by atoms with E-state index in [1.54, 1.807) is 0 Å². The summed E-state index contributed by atoms with van der Waals surface area (Å²) in [5, 5.41) is 3.04. The molecule has 1 heterocycles. The zero-order valence-electron chi connectivity index (χ0n) is 14.5. The van der Waals surface area contributed by atoms with Crippen LogP contribution < -0.4 is 5.32 Å². The molecule has 0 bridgehead atoms. The zero-order chi connectivity index (χ0) is 16.3. The van der Waals surface area contributed by atoms with Crippen LogP contribution in [0.1, 0.15) is 38.2 Å². The first-order chi connectivity index (χ1) is 11.3. The summed E-state index contributed by atoms with van der Waals surface area (Å²) in [4.78, 5) is 16.5. The van der Waals surface area contributed by atoms with Crippen LogP contribution in [0, 0.1) is 0 Å². The number of nitrogens with one attached hydrogen (secondary N) is 1. The fraction of sp³-hybridized carbons (Fsp3) is 0.632. The van der Waals surface area contributed by atoms with Gasteiger partial charge in [-0.15, -0.1) is 0 Å². The van der Waals surface area contributed by atoms with Crippen molar-refractivity contribution in [3.63, 3.8) is 0 Å². The van der Waals surface area contributed by atoms with E-state index in [2.05, 4.69) is 47.5 Å². The lowest BCUT2D eigenvalue weighted by Crippen LogP contribution is -2.52. The van der Waals surface area contributed by atoms with Crippen molar-refractivity contribution in [3.8, 4) is 0 Å². The van der Waals surface area contributed by atoms with Crippen molar-refractivity contribution in [2.24, 2.45) is 0 Å². The Balaban J connectivity index is 1.57. The second kappa shape index (κ2) is 10.3. The third-order valence-electron chi connectivity index (χ3n) is 4.50. The third-order valence-corrected chi connectivity index (χ3v) is 4.50. The maximum Gasteiger partial charge on any atom is 0.317 e. The number of hydrogen-bond acceptors (Lipinski definition) is 2. The van der Waals surface area contributed by atoms with Crippen LogP contribution in [0.3, 0.4) is 0 Å². The minimum atomic E-state index is 0.116. The van der Waals surface area contributed by atoms with Gasteiger partial charge in [-0.25, -0.2) is 4.79 Å². The first kappa shape index (κ1) is 17.8. The lowest BCUT2D eigenvalue weighted by molar-refractivity contribution is 0.138. The van der Waals surface area contributed by atoms with Gasteiger partial charge in [-0.3, -0.25) is 4.90 Å². The minimum Gasteiger partial charge on any atom is -0.338 e. The van der Waals surface area contributed by atoms with Crippen LogP contribution in [0.15, 0.2) is 30.3 Å². The van der Waals surface area contributed by atoms with E-state index in [4.69, 9.17) is 0 Å². The number of urea groups is 1. The fourth-order valence-corrected chi connectivity index (χ4v) is 3.01. The third kappa shape index (κ3) is 6.61. The molecule has 0 unspecified atom stereocenters. The summed E-state index contributed by atoms with van der Waals surface area (Å²) < 4.78 is 0. The van der Waals surface area contributed by atoms with Crippen molar-refractivity contribution in [3.05, 3.63) is 35.9 Å². The number of amides is 2. The number of aryl methyl sites for hydroxylation is 1. The van der Waals surface area contributed by atoms with Crippen molar-refractivity contribution in [2.45, 2.75) is 39.0 Å². The Morgan fingerprint density at radius 1 is 1.04 bits per heavy atom. The molecule has 0 saturated carbocycles. The fourth-order valence-electron chi connectivity index (χ4n) is 3.01. The standard InChI is InChI=1S/C19H31N3O/c1-2-3-7-12-20-19(23)22-16-14-21(15-17-22)13-8-11-18-9-5-4-6-10-18/h4-6,9-10H,2-3,7-8,11-17H2,1H3,(H,20,23). The van der Waals surface area contributed by atoms with E-state index < -0.39 is 0 Å². The van der Waals surface area contributed by atoms with Gasteiger partial charge in [0.25, 0.3) is 0 Å². The van der Waals surface area contributed by atoms with Crippen molar-refractivity contribution in [2.75, 3.05) is 39.3 Å². The first-order valence-corrected chi connectivity index (χ1v) is 9.08. The van der Waals surface area contributed by atoms with E-state index in [-0.39, 0.29) is 6.03 Å². The molecule has 4 heteroatoms. The molecule has 2 rings (SSSR count). The molecule has 128 valence electrons. The Morgan fingerprint density at radius 3 is 2.48 bits per heavy atom. The lowest BCUT2D eigenvalue weighted by Gasteiger charge is -2.34. The van der Waals surface area contributed by atoms with E-state index in [0.29, 0.717) is 0 Å². The highest BCUT2D eigenvalue weighted by molar-refractivity contribution is 5.74. The molecule has 0 aliphatic carbocycles. The second-order valence-corrected chi connectivity index (χ2v) is 6.36. The van der Waals surface area contributed by atoms with E-state index >= 15 is 0 Å². The molecular weight excluding hydrogens is 286 g/mol. The Morgan fingerprint density at radius 2 is 1.78 bits per heavy atom. The largest absolute Gasteiger partial charge is 0.338 e. The minimum absolute atomic E-state index is 0.116. The summed E-state index contributed by atoms with van der Waals surface area (Å²) in [6.07, 6.45) is 5.79. The molecule has 1 saturated heterocycles. The molecule has 0 spiro atoms. The number of carbonyl (C=O) groups is 1. The quantitative estimate of drug-likeness (QED) is 0.748. The van der Waals surface area contributed by atoms with Crippen molar-refractivity contribution in [1.29, 1.82) is 0 Å². The second-order valence-electron chi connectivity index (χ2n) is 6.36. The highest BCUT2D eigenvalue weighted by Gasteiger charge is 2.20. The summed E-state index contributed by atoms with van der Waals surface area (Å²) in [6, 6.07) is 10.8. The number of benzene rings is 1. The van der Waals surface area contributed by atoms with Crippen LogP contribution in [0.4, 0.5) is 4.79 Å². The average Bonchev–Trinajstić information content (AvgIpc) is 2.60. The molecular formula is C19H31N3O. The Hall–Kier alpha value is -1.55. The van der Waals surface area contributed by atoms with E-state index in [9.17, 15) is 4.79 Å². The average molecular weight is 317 g/mol. The summed E-state index contributed by atoms with van der Waals surface area (Å²) in [5.74, 6) is 0. The van der Waals surface area contributed by atoms with Crippen molar-refractivity contribution < 1.29 is 4.79 Å². The SMILES string of the molecule is CCCCCNC(=O)N1CCN(CCCc2ccccc2)CC1. The molecule has 1 aromatic carbocycles. The molecule has 2 amide bonds. The topological polar surface area (TPSA) is 35.6 Å². The normalized spacial score (nSPS) is 15.6. The molecule has 1 fully saturated rings. The van der Waals surface area contributed by atoms with Crippen LogP contribution in [-0.4, -0.2) is 55.1 Å². The van der Waals surface area contributed by atoms with Gasteiger partial charge in [0.1, 0.15) is 0 Å². The zero-order valence-corrected chi connectivity index (χ0v) is 14.5. The molecule has 23 heavy (non-hydrogen) atoms. The lowest BCUT2D eigenvalue weighted by atomic mass is 10.1. The van der Waals surface area contributed by atoms with Gasteiger partial charge in [0.05, 0.1) is 0 Å². The van der Waals surface area contributed by atoms with Gasteiger partial charge in [0.2, 0.25) is 0 Å². The van der Waals surface area contributed by atoms with Gasteiger partial charge in [-0.2, -0.15) is 0 Å². The van der Waals surface area contributed by atoms with E-state index in [0.717, 1.165) is 52.1 Å². The van der Waals surface area contributed by atoms with Crippen LogP contribution in [0.25, 0.3) is 0 Å². The monoisotopic (exact) mass is 317 g/mol.